The number of carbonyl (C=O) groups is 2. The second-order valence-corrected chi connectivity index (χ2v) is 5.75. The number of benzene rings is 1. The number of piperidine rings is 1. The molecule has 2 aliphatic heterocycles. The average Bonchev–Trinajstić information content (AvgIpc) is 2.70. The Morgan fingerprint density at radius 2 is 1.80 bits per heavy atom. The van der Waals surface area contributed by atoms with Crippen LogP contribution in [0.1, 0.15) is 24.0 Å². The first-order chi connectivity index (χ1) is 9.57. The normalized spacial score (nSPS) is 21.9. The third-order valence-electron chi connectivity index (χ3n) is 4.25. The second kappa shape index (κ2) is 4.90. The number of aryl methyl sites for hydroxylation is 1. The number of carbonyl (C=O) groups excluding carboxylic acids is 2. The molecule has 3 amide bonds. The molecule has 1 aromatic rings. The molecule has 0 radical (unpaired) electrons. The van der Waals surface area contributed by atoms with E-state index in [1.54, 1.807) is 0 Å². The molecule has 0 bridgehead atoms. The van der Waals surface area contributed by atoms with Crippen LogP contribution in [0.3, 0.4) is 0 Å². The molecule has 2 heterocycles. The number of nitrogens with zero attached hydrogens (tertiary/aromatic N) is 1. The van der Waals surface area contributed by atoms with Crippen LogP contribution in [0.15, 0.2) is 24.3 Å². The van der Waals surface area contributed by atoms with Crippen molar-refractivity contribution in [3.63, 3.8) is 0 Å². The van der Waals surface area contributed by atoms with E-state index in [0.29, 0.717) is 12.8 Å². The fourth-order valence-electron chi connectivity index (χ4n) is 2.92. The van der Waals surface area contributed by atoms with Crippen LogP contribution in [0.4, 0.5) is 4.79 Å². The van der Waals surface area contributed by atoms with E-state index in [4.69, 9.17) is 0 Å². The van der Waals surface area contributed by atoms with Crippen molar-refractivity contribution in [2.24, 2.45) is 0 Å². The monoisotopic (exact) mass is 273 g/mol. The van der Waals surface area contributed by atoms with Crippen molar-refractivity contribution < 1.29 is 9.59 Å². The number of hydrogen-bond donors (Lipinski definition) is 2. The van der Waals surface area contributed by atoms with Gasteiger partial charge in [-0.15, -0.1) is 0 Å². The maximum atomic E-state index is 11.9. The largest absolute Gasteiger partial charge is 0.323 e. The Bertz CT molecular complexity index is 531. The Balaban J connectivity index is 1.60. The van der Waals surface area contributed by atoms with E-state index >= 15 is 0 Å². The standard InChI is InChI=1S/C15H19N3O2/c1-11-2-4-12(5-3-11)10-18-8-6-15(7-9-18)13(19)16-14(20)17-15/h2-5H,6-10H2,1H3,(H2,16,17,19,20). The topological polar surface area (TPSA) is 61.4 Å². The lowest BCUT2D eigenvalue weighted by Gasteiger charge is -2.37. The van der Waals surface area contributed by atoms with Crippen LogP contribution in [0.5, 0.6) is 0 Å². The van der Waals surface area contributed by atoms with Gasteiger partial charge in [0.1, 0.15) is 5.54 Å². The highest BCUT2D eigenvalue weighted by atomic mass is 16.2. The van der Waals surface area contributed by atoms with Crippen LogP contribution in [0.25, 0.3) is 0 Å². The zero-order valence-corrected chi connectivity index (χ0v) is 11.6. The molecule has 0 unspecified atom stereocenters. The fraction of sp³-hybridized carbons (Fsp3) is 0.467. The van der Waals surface area contributed by atoms with Crippen LogP contribution < -0.4 is 10.6 Å². The van der Waals surface area contributed by atoms with Gasteiger partial charge >= 0.3 is 6.03 Å². The lowest BCUT2D eigenvalue weighted by atomic mass is 9.87. The SMILES string of the molecule is Cc1ccc(CN2CCC3(CC2)NC(=O)NC3=O)cc1. The first-order valence-electron chi connectivity index (χ1n) is 6.99. The summed E-state index contributed by atoms with van der Waals surface area (Å²) in [5.74, 6) is -0.169. The Morgan fingerprint density at radius 1 is 1.15 bits per heavy atom. The predicted octanol–water partition coefficient (Wildman–Crippen LogP) is 1.17. The zero-order chi connectivity index (χ0) is 14.2. The molecule has 0 atom stereocenters. The van der Waals surface area contributed by atoms with Crippen molar-refractivity contribution in [2.45, 2.75) is 31.8 Å². The van der Waals surface area contributed by atoms with E-state index in [2.05, 4.69) is 46.7 Å². The summed E-state index contributed by atoms with van der Waals surface area (Å²) in [5.41, 5.74) is 1.88. The highest BCUT2D eigenvalue weighted by Crippen LogP contribution is 2.26. The summed E-state index contributed by atoms with van der Waals surface area (Å²) in [7, 11) is 0. The summed E-state index contributed by atoms with van der Waals surface area (Å²) < 4.78 is 0. The molecule has 2 N–H and O–H groups in total. The smallest absolute Gasteiger partial charge is 0.322 e. The average molecular weight is 273 g/mol. The number of rotatable bonds is 2. The highest BCUT2D eigenvalue weighted by Gasteiger charge is 2.47. The second-order valence-electron chi connectivity index (χ2n) is 5.75. The molecule has 0 aromatic heterocycles. The number of likely N-dealkylation sites (tertiary alicyclic amines) is 1. The van der Waals surface area contributed by atoms with E-state index in [1.165, 1.54) is 11.1 Å². The predicted molar refractivity (Wildman–Crippen MR) is 75.1 cm³/mol. The maximum Gasteiger partial charge on any atom is 0.322 e. The lowest BCUT2D eigenvalue weighted by Crippen LogP contribution is -2.54. The Kier molecular flexibility index (Phi) is 3.22. The number of urea groups is 1. The Hall–Kier alpha value is -1.88. The minimum atomic E-state index is -0.666. The summed E-state index contributed by atoms with van der Waals surface area (Å²) >= 11 is 0. The summed E-state index contributed by atoms with van der Waals surface area (Å²) in [6.07, 6.45) is 1.35. The summed E-state index contributed by atoms with van der Waals surface area (Å²) in [5, 5.41) is 5.13. The van der Waals surface area contributed by atoms with E-state index in [1.807, 2.05) is 0 Å². The Labute approximate surface area is 118 Å². The van der Waals surface area contributed by atoms with Crippen LogP contribution in [0, 0.1) is 6.92 Å². The molecule has 5 nitrogen and oxygen atoms in total. The number of imide groups is 1. The van der Waals surface area contributed by atoms with Crippen molar-refractivity contribution in [3.05, 3.63) is 35.4 Å². The van der Waals surface area contributed by atoms with E-state index in [0.717, 1.165) is 19.6 Å². The minimum absolute atomic E-state index is 0.169. The van der Waals surface area contributed by atoms with Gasteiger partial charge in [-0.1, -0.05) is 29.8 Å². The van der Waals surface area contributed by atoms with Crippen molar-refractivity contribution in [1.82, 2.24) is 15.5 Å². The molecule has 0 saturated carbocycles. The van der Waals surface area contributed by atoms with Gasteiger partial charge in [0, 0.05) is 19.6 Å². The van der Waals surface area contributed by atoms with Crippen LogP contribution >= 0.6 is 0 Å². The van der Waals surface area contributed by atoms with E-state index in [9.17, 15) is 9.59 Å². The summed E-state index contributed by atoms with van der Waals surface area (Å²) in [4.78, 5) is 25.5. The highest BCUT2D eigenvalue weighted by molar-refractivity contribution is 6.07. The molecule has 2 fully saturated rings. The van der Waals surface area contributed by atoms with Gasteiger partial charge in [-0.25, -0.2) is 4.79 Å². The van der Waals surface area contributed by atoms with Crippen LogP contribution in [-0.4, -0.2) is 35.5 Å². The van der Waals surface area contributed by atoms with Gasteiger partial charge in [0.15, 0.2) is 0 Å². The molecular weight excluding hydrogens is 254 g/mol. The number of amides is 3. The van der Waals surface area contributed by atoms with Gasteiger partial charge in [-0.3, -0.25) is 15.0 Å². The van der Waals surface area contributed by atoms with Crippen molar-refractivity contribution in [3.8, 4) is 0 Å². The number of hydrogen-bond acceptors (Lipinski definition) is 3. The maximum absolute atomic E-state index is 11.9. The lowest BCUT2D eigenvalue weighted by molar-refractivity contribution is -0.125. The van der Waals surface area contributed by atoms with Crippen LogP contribution in [0.2, 0.25) is 0 Å². The first-order valence-corrected chi connectivity index (χ1v) is 6.99. The van der Waals surface area contributed by atoms with Gasteiger partial charge in [-0.05, 0) is 25.3 Å². The van der Waals surface area contributed by atoms with Crippen LogP contribution in [-0.2, 0) is 11.3 Å². The minimum Gasteiger partial charge on any atom is -0.323 e. The third kappa shape index (κ3) is 2.41. The zero-order valence-electron chi connectivity index (χ0n) is 11.6. The molecule has 106 valence electrons. The molecular formula is C15H19N3O2. The van der Waals surface area contributed by atoms with Crippen molar-refractivity contribution in [1.29, 1.82) is 0 Å². The first kappa shape index (κ1) is 13.1. The molecule has 2 aliphatic rings. The summed E-state index contributed by atoms with van der Waals surface area (Å²) in [6, 6.07) is 8.16. The van der Waals surface area contributed by atoms with Crippen molar-refractivity contribution in [2.75, 3.05) is 13.1 Å². The van der Waals surface area contributed by atoms with Gasteiger partial charge in [-0.2, -0.15) is 0 Å². The van der Waals surface area contributed by atoms with Gasteiger partial charge in [0.2, 0.25) is 0 Å². The molecule has 5 heteroatoms. The molecule has 2 saturated heterocycles. The Morgan fingerprint density at radius 3 is 2.35 bits per heavy atom. The van der Waals surface area contributed by atoms with E-state index in [-0.39, 0.29) is 11.9 Å². The van der Waals surface area contributed by atoms with E-state index < -0.39 is 5.54 Å². The molecule has 20 heavy (non-hydrogen) atoms. The van der Waals surface area contributed by atoms with Crippen molar-refractivity contribution >= 4 is 11.9 Å². The van der Waals surface area contributed by atoms with Gasteiger partial charge in [0.05, 0.1) is 0 Å². The molecule has 1 spiro atoms. The fourth-order valence-corrected chi connectivity index (χ4v) is 2.92. The number of nitrogens with one attached hydrogen (secondary N) is 2. The third-order valence-corrected chi connectivity index (χ3v) is 4.25. The quantitative estimate of drug-likeness (QED) is 0.795. The molecule has 0 aliphatic carbocycles. The summed E-state index contributed by atoms with van der Waals surface area (Å²) in [6.45, 7) is 4.62. The van der Waals surface area contributed by atoms with Gasteiger partial charge < -0.3 is 5.32 Å². The molecule has 3 rings (SSSR count). The molecule has 1 aromatic carbocycles. The van der Waals surface area contributed by atoms with Gasteiger partial charge in [0.25, 0.3) is 5.91 Å².